The molecule has 0 unspecified atom stereocenters. The topological polar surface area (TPSA) is 21.7 Å². The lowest BCUT2D eigenvalue weighted by molar-refractivity contribution is -0.697. The number of nitrogens with zero attached hydrogens (tertiary/aromatic N) is 3. The number of benzene rings is 2. The molecule has 3 nitrogen and oxygen atoms in total. The largest absolute Gasteiger partial charge is 0.340 e. The zero-order chi connectivity index (χ0) is 23.7. The second kappa shape index (κ2) is 11.8. The van der Waals surface area contributed by atoms with Crippen LogP contribution in [0.4, 0.5) is 0 Å². The van der Waals surface area contributed by atoms with Crippen molar-refractivity contribution in [2.24, 2.45) is 0 Å². The molecular formula is C32H36N3+. The molecule has 35 heavy (non-hydrogen) atoms. The van der Waals surface area contributed by atoms with E-state index in [2.05, 4.69) is 99.3 Å². The van der Waals surface area contributed by atoms with Gasteiger partial charge >= 0.3 is 0 Å². The molecule has 0 aliphatic rings. The zero-order valence-corrected chi connectivity index (χ0v) is 20.7. The van der Waals surface area contributed by atoms with Gasteiger partial charge in [0.05, 0.1) is 0 Å². The van der Waals surface area contributed by atoms with Crippen molar-refractivity contribution in [3.63, 3.8) is 0 Å². The molecular weight excluding hydrogens is 426 g/mol. The molecule has 0 saturated carbocycles. The molecule has 0 saturated heterocycles. The van der Waals surface area contributed by atoms with Crippen LogP contribution in [0.1, 0.15) is 51.4 Å². The lowest BCUT2D eigenvalue weighted by Gasteiger charge is -2.07. The number of unbranched alkanes of at least 4 members (excludes halogenated alkanes) is 7. The summed E-state index contributed by atoms with van der Waals surface area (Å²) in [5.41, 5.74) is 5.22. The van der Waals surface area contributed by atoms with E-state index in [1.54, 1.807) is 0 Å². The Balaban J connectivity index is 0.970. The fraction of sp³-hybridized carbons (Fsp3) is 0.312. The van der Waals surface area contributed by atoms with E-state index in [0.717, 1.165) is 13.1 Å². The van der Waals surface area contributed by atoms with Crippen LogP contribution >= 0.6 is 0 Å². The number of rotatable bonds is 12. The van der Waals surface area contributed by atoms with Crippen molar-refractivity contribution in [1.82, 2.24) is 9.55 Å². The van der Waals surface area contributed by atoms with Crippen LogP contribution in [-0.4, -0.2) is 9.55 Å². The van der Waals surface area contributed by atoms with Crippen molar-refractivity contribution in [3.8, 4) is 11.1 Å². The molecule has 5 aromatic rings. The van der Waals surface area contributed by atoms with Crippen molar-refractivity contribution < 1.29 is 4.57 Å². The molecule has 2 aromatic carbocycles. The predicted octanol–water partition coefficient (Wildman–Crippen LogP) is 7.97. The average Bonchev–Trinajstić information content (AvgIpc) is 3.24. The molecule has 0 bridgehead atoms. The van der Waals surface area contributed by atoms with Crippen molar-refractivity contribution >= 4 is 21.8 Å². The van der Waals surface area contributed by atoms with Crippen LogP contribution in [0, 0.1) is 0 Å². The van der Waals surface area contributed by atoms with Gasteiger partial charge in [0.1, 0.15) is 6.54 Å². The van der Waals surface area contributed by atoms with E-state index in [-0.39, 0.29) is 0 Å². The summed E-state index contributed by atoms with van der Waals surface area (Å²) in [6.45, 7) is 2.22. The molecule has 0 atom stereocenters. The number of pyridine rings is 2. The summed E-state index contributed by atoms with van der Waals surface area (Å²) in [6, 6.07) is 26.2. The molecule has 3 aromatic heterocycles. The third-order valence-corrected chi connectivity index (χ3v) is 7.13. The van der Waals surface area contributed by atoms with E-state index in [1.807, 2.05) is 12.4 Å². The van der Waals surface area contributed by atoms with Gasteiger partial charge in [-0.3, -0.25) is 4.98 Å². The third kappa shape index (κ3) is 5.79. The summed E-state index contributed by atoms with van der Waals surface area (Å²) in [4.78, 5) is 4.10. The SMILES string of the molecule is c1ccc2c(c1)c1ccccc1n2CCCCCCCCCC[n+]1ccc(-c2ccncc2)cc1. The molecule has 0 radical (unpaired) electrons. The van der Waals surface area contributed by atoms with Crippen molar-refractivity contribution in [2.45, 2.75) is 64.5 Å². The minimum absolute atomic E-state index is 1.11. The van der Waals surface area contributed by atoms with Crippen LogP contribution < -0.4 is 4.57 Å². The van der Waals surface area contributed by atoms with Crippen LogP contribution in [0.3, 0.4) is 0 Å². The Morgan fingerprint density at radius 1 is 0.543 bits per heavy atom. The quantitative estimate of drug-likeness (QED) is 0.136. The van der Waals surface area contributed by atoms with Gasteiger partial charge in [0.2, 0.25) is 0 Å². The first-order chi connectivity index (χ1) is 17.4. The molecule has 0 N–H and O–H groups in total. The summed E-state index contributed by atoms with van der Waals surface area (Å²) >= 11 is 0. The number of fused-ring (bicyclic) bond motifs is 3. The average molecular weight is 463 g/mol. The number of para-hydroxylation sites is 2. The summed E-state index contributed by atoms with van der Waals surface area (Å²) in [6.07, 6.45) is 18.7. The van der Waals surface area contributed by atoms with Crippen LogP contribution in [0.15, 0.2) is 97.6 Å². The summed E-state index contributed by atoms with van der Waals surface area (Å²) < 4.78 is 4.82. The van der Waals surface area contributed by atoms with E-state index < -0.39 is 0 Å². The van der Waals surface area contributed by atoms with Crippen molar-refractivity contribution in [1.29, 1.82) is 0 Å². The Kier molecular flexibility index (Phi) is 7.85. The number of hydrogen-bond acceptors (Lipinski definition) is 1. The summed E-state index contributed by atoms with van der Waals surface area (Å²) in [7, 11) is 0. The van der Waals surface area contributed by atoms with Crippen molar-refractivity contribution in [3.05, 3.63) is 97.6 Å². The number of aromatic nitrogens is 3. The molecule has 0 aliphatic carbocycles. The highest BCUT2D eigenvalue weighted by Crippen LogP contribution is 2.29. The lowest BCUT2D eigenvalue weighted by atomic mass is 10.1. The predicted molar refractivity (Wildman–Crippen MR) is 146 cm³/mol. The molecule has 0 spiro atoms. The molecule has 5 rings (SSSR count). The monoisotopic (exact) mass is 462 g/mol. The zero-order valence-electron chi connectivity index (χ0n) is 20.7. The van der Waals surface area contributed by atoms with E-state index >= 15 is 0 Å². The summed E-state index contributed by atoms with van der Waals surface area (Å²) in [5, 5.41) is 2.76. The maximum atomic E-state index is 4.10. The molecule has 178 valence electrons. The van der Waals surface area contributed by atoms with Crippen LogP contribution in [0.25, 0.3) is 32.9 Å². The molecule has 0 aliphatic heterocycles. The highest BCUT2D eigenvalue weighted by atomic mass is 15.0. The van der Waals surface area contributed by atoms with Crippen LogP contribution in [0.5, 0.6) is 0 Å². The molecule has 0 fully saturated rings. The molecule has 0 amide bonds. The number of hydrogen-bond donors (Lipinski definition) is 0. The van der Waals surface area contributed by atoms with Gasteiger partial charge in [0.25, 0.3) is 0 Å². The maximum absolute atomic E-state index is 4.10. The Hall–Kier alpha value is -3.46. The fourth-order valence-electron chi connectivity index (χ4n) is 5.21. The van der Waals surface area contributed by atoms with Gasteiger partial charge in [-0.1, -0.05) is 68.5 Å². The van der Waals surface area contributed by atoms with Gasteiger partial charge in [-0.2, -0.15) is 0 Å². The highest BCUT2D eigenvalue weighted by Gasteiger charge is 2.09. The highest BCUT2D eigenvalue weighted by molar-refractivity contribution is 6.07. The second-order valence-corrected chi connectivity index (χ2v) is 9.57. The Bertz CT molecular complexity index is 1280. The number of aryl methyl sites for hydroxylation is 2. The molecule has 3 heteroatoms. The van der Waals surface area contributed by atoms with Gasteiger partial charge in [-0.25, -0.2) is 4.57 Å². The normalized spacial score (nSPS) is 11.4. The standard InChI is InChI=1S/C32H36N3/c1(3-5-11-23-34-25-19-28(20-26-34)27-17-21-33-22-18-27)2-4-6-12-24-35-31-15-9-7-13-29(31)30-14-8-10-16-32(30)35/h7-10,13-22,25-26H,1-6,11-12,23-24H2/q+1. The van der Waals surface area contributed by atoms with E-state index in [1.165, 1.54) is 84.3 Å². The Morgan fingerprint density at radius 3 is 1.69 bits per heavy atom. The molecule has 3 heterocycles. The van der Waals surface area contributed by atoms with E-state index in [9.17, 15) is 0 Å². The second-order valence-electron chi connectivity index (χ2n) is 9.57. The minimum Gasteiger partial charge on any atom is -0.340 e. The third-order valence-electron chi connectivity index (χ3n) is 7.13. The lowest BCUT2D eigenvalue weighted by Crippen LogP contribution is -2.32. The first-order valence-electron chi connectivity index (χ1n) is 13.3. The van der Waals surface area contributed by atoms with Gasteiger partial charge in [0, 0.05) is 59.3 Å². The first-order valence-corrected chi connectivity index (χ1v) is 13.3. The van der Waals surface area contributed by atoms with E-state index in [0.29, 0.717) is 0 Å². The van der Waals surface area contributed by atoms with Gasteiger partial charge < -0.3 is 4.57 Å². The van der Waals surface area contributed by atoms with Gasteiger partial charge in [0.15, 0.2) is 12.4 Å². The van der Waals surface area contributed by atoms with E-state index in [4.69, 9.17) is 0 Å². The smallest absolute Gasteiger partial charge is 0.169 e. The van der Waals surface area contributed by atoms with Crippen LogP contribution in [-0.2, 0) is 13.1 Å². The Morgan fingerprint density at radius 2 is 1.06 bits per heavy atom. The Labute approximate surface area is 209 Å². The minimum atomic E-state index is 1.11. The van der Waals surface area contributed by atoms with Gasteiger partial charge in [-0.15, -0.1) is 0 Å². The van der Waals surface area contributed by atoms with Crippen LogP contribution in [0.2, 0.25) is 0 Å². The maximum Gasteiger partial charge on any atom is 0.169 e. The van der Waals surface area contributed by atoms with Crippen molar-refractivity contribution in [2.75, 3.05) is 0 Å². The van der Waals surface area contributed by atoms with Gasteiger partial charge in [-0.05, 0) is 48.2 Å². The summed E-state index contributed by atoms with van der Waals surface area (Å²) in [5.74, 6) is 0. The first kappa shape index (κ1) is 23.3. The fourth-order valence-corrected chi connectivity index (χ4v) is 5.21.